The van der Waals surface area contributed by atoms with Crippen molar-refractivity contribution >= 4 is 17.6 Å². The molecule has 1 atom stereocenters. The zero-order chi connectivity index (χ0) is 27.2. The second kappa shape index (κ2) is 11.8. The van der Waals surface area contributed by atoms with Crippen molar-refractivity contribution in [3.8, 4) is 11.8 Å². The number of carbonyl (C=O) groups excluding carboxylic acids is 2. The van der Waals surface area contributed by atoms with E-state index in [2.05, 4.69) is 11.0 Å². The van der Waals surface area contributed by atoms with E-state index in [-0.39, 0.29) is 22.7 Å². The van der Waals surface area contributed by atoms with Gasteiger partial charge in [-0.3, -0.25) is 4.90 Å². The number of carbonyl (C=O) groups is 2. The van der Waals surface area contributed by atoms with Crippen molar-refractivity contribution in [1.82, 2.24) is 4.90 Å². The molecule has 9 nitrogen and oxygen atoms in total. The largest absolute Gasteiger partial charge is 0.495 e. The zero-order valence-electron chi connectivity index (χ0n) is 21.9. The molecule has 1 fully saturated rings. The highest BCUT2D eigenvalue weighted by Crippen LogP contribution is 2.46. The molecule has 0 radical (unpaired) electrons. The van der Waals surface area contributed by atoms with Crippen LogP contribution in [-0.2, 0) is 25.5 Å². The number of nitrogens with two attached hydrogens (primary N) is 1. The van der Waals surface area contributed by atoms with Crippen LogP contribution in [0.4, 0.5) is 5.69 Å². The summed E-state index contributed by atoms with van der Waals surface area (Å²) < 4.78 is 16.0. The van der Waals surface area contributed by atoms with Crippen molar-refractivity contribution in [2.24, 2.45) is 5.73 Å². The van der Waals surface area contributed by atoms with Crippen molar-refractivity contribution in [2.75, 3.05) is 45.9 Å². The normalized spacial score (nSPS) is 17.8. The van der Waals surface area contributed by atoms with Gasteiger partial charge in [-0.05, 0) is 49.5 Å². The molecule has 2 aliphatic heterocycles. The first-order valence-electron chi connectivity index (χ1n) is 12.5. The summed E-state index contributed by atoms with van der Waals surface area (Å²) in [5.41, 5.74) is 8.62. The van der Waals surface area contributed by atoms with Crippen LogP contribution in [0.25, 0.3) is 0 Å². The summed E-state index contributed by atoms with van der Waals surface area (Å²) in [6, 6.07) is 16.7. The van der Waals surface area contributed by atoms with E-state index in [1.807, 2.05) is 18.2 Å². The van der Waals surface area contributed by atoms with Gasteiger partial charge in [0.05, 0.1) is 50.2 Å². The highest BCUT2D eigenvalue weighted by molar-refractivity contribution is 6.06. The molecule has 0 amide bonds. The molecule has 4 rings (SSSR count). The lowest BCUT2D eigenvalue weighted by molar-refractivity contribution is -0.139. The van der Waals surface area contributed by atoms with Gasteiger partial charge in [-0.15, -0.1) is 0 Å². The molecule has 2 aromatic carbocycles. The van der Waals surface area contributed by atoms with Crippen LogP contribution in [0.3, 0.4) is 0 Å². The van der Waals surface area contributed by atoms with Crippen molar-refractivity contribution < 1.29 is 23.8 Å². The summed E-state index contributed by atoms with van der Waals surface area (Å²) in [6.07, 6.45) is 2.97. The van der Waals surface area contributed by atoms with E-state index < -0.39 is 17.9 Å². The number of hydrogen-bond acceptors (Lipinski definition) is 9. The van der Waals surface area contributed by atoms with Gasteiger partial charge in [0.15, 0.2) is 0 Å². The van der Waals surface area contributed by atoms with Crippen molar-refractivity contribution in [2.45, 2.75) is 25.2 Å². The Balaban J connectivity index is 1.99. The third kappa shape index (κ3) is 4.95. The highest BCUT2D eigenvalue weighted by atomic mass is 16.5. The fourth-order valence-corrected chi connectivity index (χ4v) is 5.22. The molecular weight excluding hydrogens is 484 g/mol. The Kier molecular flexibility index (Phi) is 8.34. The van der Waals surface area contributed by atoms with Crippen molar-refractivity contribution in [3.05, 3.63) is 82.3 Å². The molecule has 198 valence electrons. The Labute approximate surface area is 222 Å². The molecule has 0 aliphatic carbocycles. The van der Waals surface area contributed by atoms with E-state index in [1.54, 1.807) is 30.3 Å². The molecule has 38 heavy (non-hydrogen) atoms. The van der Waals surface area contributed by atoms with Gasteiger partial charge in [0, 0.05) is 6.54 Å². The maximum absolute atomic E-state index is 13.4. The Morgan fingerprint density at radius 3 is 2.29 bits per heavy atom. The molecule has 1 unspecified atom stereocenters. The molecule has 1 saturated heterocycles. The Morgan fingerprint density at radius 1 is 1.00 bits per heavy atom. The molecule has 2 aromatic rings. The maximum Gasteiger partial charge on any atom is 0.355 e. The Hall–Kier alpha value is -4.29. The van der Waals surface area contributed by atoms with E-state index in [1.165, 1.54) is 26.2 Å². The van der Waals surface area contributed by atoms with Crippen LogP contribution in [0, 0.1) is 11.3 Å². The topological polar surface area (TPSA) is 118 Å². The number of likely N-dealkylation sites (tertiary alicyclic amines) is 1. The van der Waals surface area contributed by atoms with Crippen LogP contribution in [0.1, 0.15) is 29.9 Å². The van der Waals surface area contributed by atoms with Crippen LogP contribution in [0.2, 0.25) is 0 Å². The summed E-state index contributed by atoms with van der Waals surface area (Å²) in [4.78, 5) is 30.6. The minimum Gasteiger partial charge on any atom is -0.495 e. The summed E-state index contributed by atoms with van der Waals surface area (Å²) >= 11 is 0. The summed E-state index contributed by atoms with van der Waals surface area (Å²) in [5.74, 6) is -2.03. The van der Waals surface area contributed by atoms with Gasteiger partial charge in [0.1, 0.15) is 17.3 Å². The van der Waals surface area contributed by atoms with Crippen LogP contribution >= 0.6 is 0 Å². The number of rotatable bonds is 8. The number of nitriles is 1. The molecule has 0 spiro atoms. The quantitative estimate of drug-likeness (QED) is 0.528. The lowest BCUT2D eigenvalue weighted by atomic mass is 9.80. The average Bonchev–Trinajstić information content (AvgIpc) is 3.48. The Bertz CT molecular complexity index is 1310. The monoisotopic (exact) mass is 516 g/mol. The number of hydrogen-bond donors (Lipinski definition) is 1. The van der Waals surface area contributed by atoms with Gasteiger partial charge in [0.25, 0.3) is 0 Å². The molecule has 0 saturated carbocycles. The SMILES string of the molecule is COC(=O)C1=C(C(=O)OC)N(c2c(CCN3CCCC3)cccc2OC)C(N)=C(C#N)C1c1ccccc1. The molecule has 2 heterocycles. The van der Waals surface area contributed by atoms with E-state index in [0.717, 1.165) is 38.0 Å². The number of anilines is 1. The molecule has 0 aromatic heterocycles. The van der Waals surface area contributed by atoms with Gasteiger partial charge in [0.2, 0.25) is 0 Å². The molecule has 9 heteroatoms. The number of methoxy groups -OCH3 is 3. The molecule has 0 bridgehead atoms. The number of benzene rings is 2. The number of ether oxygens (including phenoxy) is 3. The summed E-state index contributed by atoms with van der Waals surface area (Å²) in [7, 11) is 3.98. The first kappa shape index (κ1) is 26.8. The van der Waals surface area contributed by atoms with Crippen LogP contribution in [0.5, 0.6) is 5.75 Å². The van der Waals surface area contributed by atoms with Crippen LogP contribution in [0.15, 0.2) is 71.2 Å². The third-order valence-electron chi connectivity index (χ3n) is 7.03. The second-order valence-corrected chi connectivity index (χ2v) is 9.10. The highest BCUT2D eigenvalue weighted by Gasteiger charge is 2.44. The first-order valence-corrected chi connectivity index (χ1v) is 12.5. The lowest BCUT2D eigenvalue weighted by Gasteiger charge is -2.37. The number of esters is 2. The molecular formula is C29H32N4O5. The van der Waals surface area contributed by atoms with E-state index in [0.29, 0.717) is 23.4 Å². The van der Waals surface area contributed by atoms with Gasteiger partial charge in [-0.25, -0.2) is 9.59 Å². The maximum atomic E-state index is 13.4. The van der Waals surface area contributed by atoms with Gasteiger partial charge in [-0.1, -0.05) is 42.5 Å². The minimum absolute atomic E-state index is 0.0151. The number of para-hydroxylation sites is 1. The van der Waals surface area contributed by atoms with Crippen LogP contribution in [-0.4, -0.2) is 57.8 Å². The summed E-state index contributed by atoms with van der Waals surface area (Å²) in [6.45, 7) is 2.86. The lowest BCUT2D eigenvalue weighted by Crippen LogP contribution is -2.41. The zero-order valence-corrected chi connectivity index (χ0v) is 21.9. The predicted molar refractivity (Wildman–Crippen MR) is 142 cm³/mol. The molecule has 2 aliphatic rings. The standard InChI is InChI=1S/C29H32N4O5/c1-36-22-13-9-12-20(14-17-32-15-7-8-16-32)25(22)33-26(29(35)38-3)24(28(34)37-2)23(21(18-30)27(33)31)19-10-5-4-6-11-19/h4-6,9-13,23H,7-8,14-17,31H2,1-3H3. The fourth-order valence-electron chi connectivity index (χ4n) is 5.22. The first-order chi connectivity index (χ1) is 18.5. The summed E-state index contributed by atoms with van der Waals surface area (Å²) in [5, 5.41) is 10.3. The number of nitrogens with zero attached hydrogens (tertiary/aromatic N) is 3. The smallest absolute Gasteiger partial charge is 0.355 e. The van der Waals surface area contributed by atoms with Crippen molar-refractivity contribution in [1.29, 1.82) is 5.26 Å². The molecule has 2 N–H and O–H groups in total. The van der Waals surface area contributed by atoms with Crippen molar-refractivity contribution in [3.63, 3.8) is 0 Å². The van der Waals surface area contributed by atoms with E-state index in [9.17, 15) is 14.9 Å². The van der Waals surface area contributed by atoms with E-state index >= 15 is 0 Å². The van der Waals surface area contributed by atoms with Crippen LogP contribution < -0.4 is 15.4 Å². The fraction of sp³-hybridized carbons (Fsp3) is 0.345. The Morgan fingerprint density at radius 2 is 1.68 bits per heavy atom. The average molecular weight is 517 g/mol. The van der Waals surface area contributed by atoms with E-state index in [4.69, 9.17) is 19.9 Å². The third-order valence-corrected chi connectivity index (χ3v) is 7.03. The second-order valence-electron chi connectivity index (χ2n) is 9.10. The van der Waals surface area contributed by atoms with Gasteiger partial charge >= 0.3 is 11.9 Å². The predicted octanol–water partition coefficient (Wildman–Crippen LogP) is 3.23. The van der Waals surface area contributed by atoms with Gasteiger partial charge in [-0.2, -0.15) is 5.26 Å². The van der Waals surface area contributed by atoms with Gasteiger partial charge < -0.3 is 24.8 Å². The minimum atomic E-state index is -0.929. The number of allylic oxidation sites excluding steroid dienone is 1.